The highest BCUT2D eigenvalue weighted by Crippen LogP contribution is 2.31. The van der Waals surface area contributed by atoms with Gasteiger partial charge >= 0.3 is 11.8 Å². The third kappa shape index (κ3) is 5.87. The zero-order valence-electron chi connectivity index (χ0n) is 49.6. The summed E-state index contributed by atoms with van der Waals surface area (Å²) in [5.74, 6) is -11.3. The number of aromatic nitrogens is 6. The molecule has 2 aromatic carbocycles. The molecule has 3 aromatic heterocycles. The van der Waals surface area contributed by atoms with Crippen LogP contribution in [0.4, 0.5) is 0 Å². The molecule has 0 bridgehead atoms. The van der Waals surface area contributed by atoms with Gasteiger partial charge in [-0.05, 0) is 54.0 Å². The first-order chi connectivity index (χ1) is 31.8. The van der Waals surface area contributed by atoms with Crippen molar-refractivity contribution in [2.45, 2.75) is 58.8 Å². The number of aryl methyl sites for hydroxylation is 2. The lowest BCUT2D eigenvalue weighted by Crippen LogP contribution is -2.23. The number of hydrogen-bond donors (Lipinski definition) is 2. The Hall–Kier alpha value is -4.84. The number of hydrogen-bond acceptors (Lipinski definition) is 10. The molecule has 5 aromatic rings. The minimum absolute atomic E-state index is 0.124. The monoisotopic (exact) mass is 588 g/mol. The molecule has 0 aliphatic rings. The van der Waals surface area contributed by atoms with Gasteiger partial charge in [-0.15, -0.1) is 5.10 Å². The maximum absolute atomic E-state index is 14.7. The van der Waals surface area contributed by atoms with Crippen molar-refractivity contribution in [1.82, 2.24) is 30.2 Å². The Morgan fingerprint density at radius 3 is 2.78 bits per heavy atom. The average Bonchev–Trinajstić information content (AvgIpc) is 3.95. The molecule has 5 rings (SSSR count). The van der Waals surface area contributed by atoms with Crippen LogP contribution in [0.25, 0.3) is 22.5 Å². The quantitative estimate of drug-likeness (QED) is 0.214. The molecule has 0 unspecified atom stereocenters. The van der Waals surface area contributed by atoms with Crippen LogP contribution in [0.3, 0.4) is 0 Å². The van der Waals surface area contributed by atoms with Gasteiger partial charge in [0.05, 0.1) is 16.4 Å². The Morgan fingerprint density at radius 2 is 2.07 bits per heavy atom. The fourth-order valence-corrected chi connectivity index (χ4v) is 3.11. The second kappa shape index (κ2) is 11.3. The van der Waals surface area contributed by atoms with Gasteiger partial charge in [0.1, 0.15) is 17.1 Å². The van der Waals surface area contributed by atoms with Crippen molar-refractivity contribution in [2.24, 2.45) is 0 Å². The number of esters is 1. The molecule has 0 fully saturated rings. The molecule has 0 aliphatic carbocycles. The Bertz CT molecular complexity index is 2970. The van der Waals surface area contributed by atoms with E-state index in [-0.39, 0.29) is 5.09 Å². The summed E-state index contributed by atoms with van der Waals surface area (Å²) in [7, 11) is 0. The van der Waals surface area contributed by atoms with E-state index >= 15 is 0 Å². The molecule has 0 spiro atoms. The number of rotatable bonds is 11. The zero-order valence-corrected chi connectivity index (χ0v) is 19.6. The molecule has 2 N–H and O–H groups in total. The van der Waals surface area contributed by atoms with Crippen molar-refractivity contribution >= 4 is 5.97 Å². The van der Waals surface area contributed by atoms with Crippen molar-refractivity contribution in [3.63, 3.8) is 0 Å². The summed E-state index contributed by atoms with van der Waals surface area (Å²) in [6.45, 7) is -25.5. The molecule has 0 saturated heterocycles. The molecule has 0 atom stereocenters. The van der Waals surface area contributed by atoms with Crippen LogP contribution in [0.5, 0.6) is 0 Å². The number of benzene rings is 2. The largest absolute Gasteiger partial charge is 0.519 e. The van der Waals surface area contributed by atoms with Crippen LogP contribution in [-0.4, -0.2) is 42.7 Å². The molecular formula is C29H30N6O6. The molecule has 3 heterocycles. The third-order valence-corrected chi connectivity index (χ3v) is 4.72. The van der Waals surface area contributed by atoms with Gasteiger partial charge in [0.2, 0.25) is 1.43 Å². The number of carbonyl (C=O) groups excluding carboxylic acids is 1. The number of tetrazole rings is 1. The molecule has 0 amide bonds. The highest BCUT2D eigenvalue weighted by molar-refractivity contribution is 5.89. The standard InChI is InChI=1S/C29H30N6O6/c1-5-8-23-30-25(29(3,4)38)24(27(36)39-16-22-17(2)40-28(37)41-22)35(23)15-18-11-13-19(14-12-18)20-9-6-7-10-21(20)26-31-33-34-32-26/h6-7,9-14,38H,5,8,15-16H2,1-4H3,(H,31,32,33,34)/i1D3,2D3,3D3,4D3,5D2,6D,7D,8D2,9D,10D,11D,12D,13D,14D,15D2,16D2,38D/hD. The second-order valence-corrected chi connectivity index (χ2v) is 7.32. The average molecular weight is 589 g/mol. The van der Waals surface area contributed by atoms with Gasteiger partial charge in [-0.25, -0.2) is 19.7 Å². The van der Waals surface area contributed by atoms with Gasteiger partial charge in [0.15, 0.2) is 31.0 Å². The van der Waals surface area contributed by atoms with E-state index in [0.29, 0.717) is 0 Å². The van der Waals surface area contributed by atoms with Gasteiger partial charge in [-0.3, -0.25) is 0 Å². The van der Waals surface area contributed by atoms with Crippen molar-refractivity contribution in [3.8, 4) is 22.5 Å². The number of ether oxygens (including phenoxy) is 1. The van der Waals surface area contributed by atoms with E-state index in [2.05, 4.69) is 34.5 Å². The Labute approximate surface area is 277 Å². The maximum Gasteiger partial charge on any atom is 0.519 e. The molecule has 12 heteroatoms. The van der Waals surface area contributed by atoms with Crippen molar-refractivity contribution in [1.29, 1.82) is 1.43 Å². The van der Waals surface area contributed by atoms with Crippen LogP contribution in [0, 0.1) is 6.85 Å². The number of carbonyl (C=O) groups is 1. The number of imidazole rings is 1. The maximum atomic E-state index is 14.7. The lowest BCUT2D eigenvalue weighted by molar-refractivity contribution is 0.0395. The highest BCUT2D eigenvalue weighted by atomic mass is 16.6. The van der Waals surface area contributed by atoms with Gasteiger partial charge in [-0.2, -0.15) is 0 Å². The van der Waals surface area contributed by atoms with E-state index in [1.807, 2.05) is 0 Å². The zero-order chi connectivity index (χ0) is 54.9. The van der Waals surface area contributed by atoms with Crippen molar-refractivity contribution in [3.05, 3.63) is 93.3 Å². The lowest BCUT2D eigenvalue weighted by Gasteiger charge is -2.17. The molecular weight excluding hydrogens is 528 g/mol. The Morgan fingerprint density at radius 1 is 1.24 bits per heavy atom. The second-order valence-electron chi connectivity index (χ2n) is 7.32. The van der Waals surface area contributed by atoms with Crippen LogP contribution in [-0.2, 0) is 29.8 Å². The molecule has 212 valence electrons. The first kappa shape index (κ1) is 9.08. The van der Waals surface area contributed by atoms with E-state index < -0.39 is 180 Å². The first-order valence-electron chi connectivity index (χ1n) is 25.4. The highest BCUT2D eigenvalue weighted by Gasteiger charge is 2.33. The van der Waals surface area contributed by atoms with E-state index in [1.165, 1.54) is 0 Å². The topological polar surface area (TPSA) is 162 Å². The molecule has 41 heavy (non-hydrogen) atoms. The SMILES string of the molecule is [2H]OC(c1nc(C([2H])([2H])C([2H])([2H])C([2H])([2H])[2H])n(C([2H])([2H])c2c([2H])c([2H])c(-c3c([2H])c([2H])c([2H])c([2H])c3-c3nnnn3[2H])c([2H])c2[2H])c1C(=O)OC([2H])([2H])c1oc(=O)oc1C([2H])([2H])[2H])(C([2H])([2H])[2H])C([2H])([2H])[2H]. The van der Waals surface area contributed by atoms with Gasteiger partial charge in [0.25, 0.3) is 0 Å². The number of aliphatic hydroxyl groups is 1. The van der Waals surface area contributed by atoms with Gasteiger partial charge in [-0.1, -0.05) is 55.2 Å². The summed E-state index contributed by atoms with van der Waals surface area (Å²) >= 11 is 0. The number of aromatic amines is 1. The fourth-order valence-electron chi connectivity index (χ4n) is 3.11. The molecule has 0 saturated carbocycles. The van der Waals surface area contributed by atoms with Crippen molar-refractivity contribution in [2.75, 3.05) is 0 Å². The summed E-state index contributed by atoms with van der Waals surface area (Å²) in [6, 6.07) is -10.7. The summed E-state index contributed by atoms with van der Waals surface area (Å²) in [6.07, 6.45) is -9.05. The summed E-state index contributed by atoms with van der Waals surface area (Å²) in [5.41, 5.74) is -13.9. The molecule has 12 nitrogen and oxygen atoms in total. The molecule has 0 radical (unpaired) electrons. The summed E-state index contributed by atoms with van der Waals surface area (Å²) in [4.78, 5) is 30.2. The van der Waals surface area contributed by atoms with Crippen LogP contribution in [0.15, 0.2) is 62.0 Å². The predicted octanol–water partition coefficient (Wildman–Crippen LogP) is 4.17. The fraction of sp³-hybridized carbons (Fsp3) is 0.310. The van der Waals surface area contributed by atoms with Crippen LogP contribution < -0.4 is 5.82 Å². The smallest absolute Gasteiger partial charge is 0.453 e. The molecule has 0 aliphatic heterocycles. The predicted molar refractivity (Wildman–Crippen MR) is 147 cm³/mol. The van der Waals surface area contributed by atoms with E-state index in [9.17, 15) is 12.3 Å². The Balaban J connectivity index is 2.08. The summed E-state index contributed by atoms with van der Waals surface area (Å²) in [5, 5.41) is 14.3. The van der Waals surface area contributed by atoms with Crippen LogP contribution in [0.2, 0.25) is 1.41 Å². The first-order valence-corrected chi connectivity index (χ1v) is 10.5. The van der Waals surface area contributed by atoms with Gasteiger partial charge in [0, 0.05) is 40.4 Å². The normalized spacial score (nSPS) is 24.9. The Kier molecular flexibility index (Phi) is 2.51. The minimum Gasteiger partial charge on any atom is -0.453 e. The van der Waals surface area contributed by atoms with E-state index in [0.717, 1.165) is 0 Å². The minimum atomic E-state index is -4.58. The third-order valence-electron chi connectivity index (χ3n) is 4.72. The van der Waals surface area contributed by atoms with Crippen LogP contribution in [0.1, 0.15) is 104 Å². The number of nitrogens with zero attached hydrogens (tertiary/aromatic N) is 5. The number of H-pyrrole nitrogens is 1. The van der Waals surface area contributed by atoms with E-state index in [4.69, 9.17) is 43.2 Å². The van der Waals surface area contributed by atoms with Crippen LogP contribution >= 0.6 is 0 Å². The lowest BCUT2D eigenvalue weighted by atomic mass is 9.98. The number of nitrogens with one attached hydrogen (secondary N) is 1. The van der Waals surface area contributed by atoms with E-state index in [1.54, 1.807) is 0 Å². The van der Waals surface area contributed by atoms with Crippen molar-refractivity contribution < 1.29 is 63.3 Å². The summed E-state index contributed by atoms with van der Waals surface area (Å²) < 4.78 is 265. The van der Waals surface area contributed by atoms with Gasteiger partial charge < -0.3 is 23.2 Å².